The second kappa shape index (κ2) is 8.81. The van der Waals surface area contributed by atoms with Gasteiger partial charge in [0.15, 0.2) is 0 Å². The first-order valence-corrected chi connectivity index (χ1v) is 8.85. The molecule has 8 heteroatoms. The lowest BCUT2D eigenvalue weighted by Crippen LogP contribution is -2.37. The Hall–Kier alpha value is -2.67. The van der Waals surface area contributed by atoms with Gasteiger partial charge in [0.25, 0.3) is 5.91 Å². The number of benzene rings is 1. The number of carbonyl (C=O) groups excluding carboxylic acids is 2. The predicted molar refractivity (Wildman–Crippen MR) is 104 cm³/mol. The summed E-state index contributed by atoms with van der Waals surface area (Å²) in [4.78, 5) is 24.0. The van der Waals surface area contributed by atoms with E-state index in [1.54, 1.807) is 32.9 Å². The Morgan fingerprint density at radius 2 is 1.74 bits per heavy atom. The van der Waals surface area contributed by atoms with Crippen LogP contribution in [-0.2, 0) is 4.74 Å². The van der Waals surface area contributed by atoms with Crippen LogP contribution in [0.3, 0.4) is 0 Å². The normalized spacial score (nSPS) is 11.0. The molecule has 7 nitrogen and oxygen atoms in total. The maximum atomic E-state index is 12.4. The van der Waals surface area contributed by atoms with E-state index in [9.17, 15) is 9.59 Å². The lowest BCUT2D eigenvalue weighted by molar-refractivity contribution is 0.0526. The molecule has 2 amide bonds. The van der Waals surface area contributed by atoms with Gasteiger partial charge in [0.05, 0.1) is 23.4 Å². The van der Waals surface area contributed by atoms with Gasteiger partial charge in [0, 0.05) is 31.5 Å². The van der Waals surface area contributed by atoms with Crippen molar-refractivity contribution >= 4 is 23.6 Å². The molecular formula is C19H24ClN3O4. The summed E-state index contributed by atoms with van der Waals surface area (Å²) in [6, 6.07) is 7.02. The number of ether oxygens (including phenoxy) is 2. The molecular weight excluding hydrogens is 370 g/mol. The van der Waals surface area contributed by atoms with Gasteiger partial charge in [-0.1, -0.05) is 11.6 Å². The Morgan fingerprint density at radius 1 is 1.11 bits per heavy atom. The molecule has 2 N–H and O–H groups in total. The number of carbonyl (C=O) groups is 2. The highest BCUT2D eigenvalue weighted by atomic mass is 35.5. The van der Waals surface area contributed by atoms with Gasteiger partial charge in [-0.15, -0.1) is 0 Å². The topological polar surface area (TPSA) is 81.6 Å². The number of nitrogens with zero attached hydrogens (tertiary/aromatic N) is 1. The first kappa shape index (κ1) is 20.6. The first-order chi connectivity index (χ1) is 12.7. The Kier molecular flexibility index (Phi) is 6.74. The molecule has 0 saturated heterocycles. The summed E-state index contributed by atoms with van der Waals surface area (Å²) in [5.74, 6) is 0.0551. The van der Waals surface area contributed by atoms with Gasteiger partial charge in [0.1, 0.15) is 11.4 Å². The van der Waals surface area contributed by atoms with Gasteiger partial charge in [-0.05, 0) is 39.0 Å². The highest BCUT2D eigenvalue weighted by molar-refractivity contribution is 6.33. The van der Waals surface area contributed by atoms with E-state index in [0.29, 0.717) is 22.0 Å². The van der Waals surface area contributed by atoms with Gasteiger partial charge >= 0.3 is 6.09 Å². The molecule has 0 fully saturated rings. The quantitative estimate of drug-likeness (QED) is 0.737. The van der Waals surface area contributed by atoms with Crippen molar-refractivity contribution in [1.82, 2.24) is 15.2 Å². The number of aromatic nitrogens is 1. The third kappa shape index (κ3) is 5.92. The van der Waals surface area contributed by atoms with E-state index in [0.717, 1.165) is 0 Å². The number of hydrogen-bond donors (Lipinski definition) is 2. The molecule has 1 heterocycles. The van der Waals surface area contributed by atoms with Crippen LogP contribution in [-0.4, -0.2) is 42.4 Å². The van der Waals surface area contributed by atoms with Crippen LogP contribution in [0.15, 0.2) is 36.7 Å². The molecule has 27 heavy (non-hydrogen) atoms. The van der Waals surface area contributed by atoms with Gasteiger partial charge < -0.3 is 24.7 Å². The fourth-order valence-corrected chi connectivity index (χ4v) is 2.59. The van der Waals surface area contributed by atoms with Crippen LogP contribution < -0.4 is 15.4 Å². The van der Waals surface area contributed by atoms with Crippen molar-refractivity contribution in [2.75, 3.05) is 20.2 Å². The molecule has 0 atom stereocenters. The van der Waals surface area contributed by atoms with Crippen LogP contribution in [0.1, 0.15) is 31.1 Å². The second-order valence-electron chi connectivity index (χ2n) is 6.78. The SMILES string of the molecule is COc1cc(-n2cccc2)c(Cl)cc1C(=O)NCCNC(=O)OC(C)(C)C. The fraction of sp³-hybridized carbons (Fsp3) is 0.368. The zero-order chi connectivity index (χ0) is 20.0. The van der Waals surface area contributed by atoms with Crippen LogP contribution in [0.4, 0.5) is 4.79 Å². The summed E-state index contributed by atoms with van der Waals surface area (Å²) in [5, 5.41) is 5.72. The number of alkyl carbamates (subject to hydrolysis) is 1. The van der Waals surface area contributed by atoms with Crippen molar-refractivity contribution in [3.05, 3.63) is 47.2 Å². The smallest absolute Gasteiger partial charge is 0.407 e. The monoisotopic (exact) mass is 393 g/mol. The molecule has 0 aliphatic heterocycles. The van der Waals surface area contributed by atoms with E-state index in [2.05, 4.69) is 10.6 Å². The van der Waals surface area contributed by atoms with Crippen molar-refractivity contribution in [3.63, 3.8) is 0 Å². The molecule has 0 spiro atoms. The van der Waals surface area contributed by atoms with Crippen molar-refractivity contribution in [2.24, 2.45) is 0 Å². The minimum Gasteiger partial charge on any atom is -0.496 e. The van der Waals surface area contributed by atoms with E-state index in [1.807, 2.05) is 29.1 Å². The summed E-state index contributed by atoms with van der Waals surface area (Å²) >= 11 is 6.33. The zero-order valence-corrected chi connectivity index (χ0v) is 16.6. The molecule has 2 rings (SSSR count). The number of halogens is 1. The largest absolute Gasteiger partial charge is 0.496 e. The maximum Gasteiger partial charge on any atom is 0.407 e. The van der Waals surface area contributed by atoms with E-state index in [4.69, 9.17) is 21.1 Å². The van der Waals surface area contributed by atoms with E-state index < -0.39 is 11.7 Å². The van der Waals surface area contributed by atoms with Crippen LogP contribution >= 0.6 is 11.6 Å². The predicted octanol–water partition coefficient (Wildman–Crippen LogP) is 3.39. The van der Waals surface area contributed by atoms with Crippen LogP contribution in [0.5, 0.6) is 5.75 Å². The number of hydrogen-bond acceptors (Lipinski definition) is 4. The van der Waals surface area contributed by atoms with E-state index >= 15 is 0 Å². The Labute approximate surface area is 163 Å². The summed E-state index contributed by atoms with van der Waals surface area (Å²) in [6.45, 7) is 5.81. The minimum atomic E-state index is -0.571. The lowest BCUT2D eigenvalue weighted by atomic mass is 10.1. The number of rotatable bonds is 6. The molecule has 0 aliphatic rings. The summed E-state index contributed by atoms with van der Waals surface area (Å²) in [7, 11) is 1.49. The number of amides is 2. The van der Waals surface area contributed by atoms with Crippen molar-refractivity contribution in [2.45, 2.75) is 26.4 Å². The van der Waals surface area contributed by atoms with Crippen LogP contribution in [0.25, 0.3) is 5.69 Å². The number of nitrogens with one attached hydrogen (secondary N) is 2. The average molecular weight is 394 g/mol. The van der Waals surface area contributed by atoms with E-state index in [-0.39, 0.29) is 19.0 Å². The van der Waals surface area contributed by atoms with Crippen LogP contribution in [0, 0.1) is 0 Å². The second-order valence-corrected chi connectivity index (χ2v) is 7.19. The average Bonchev–Trinajstić information content (AvgIpc) is 3.11. The van der Waals surface area contributed by atoms with Crippen molar-refractivity contribution < 1.29 is 19.1 Å². The third-order valence-electron chi connectivity index (χ3n) is 3.47. The maximum absolute atomic E-state index is 12.4. The fourth-order valence-electron chi connectivity index (χ4n) is 2.33. The molecule has 146 valence electrons. The highest BCUT2D eigenvalue weighted by Crippen LogP contribution is 2.29. The molecule has 0 bridgehead atoms. The van der Waals surface area contributed by atoms with Crippen molar-refractivity contribution in [1.29, 1.82) is 0 Å². The summed E-state index contributed by atoms with van der Waals surface area (Å²) in [5.41, 5.74) is 0.455. The lowest BCUT2D eigenvalue weighted by Gasteiger charge is -2.19. The molecule has 0 unspecified atom stereocenters. The van der Waals surface area contributed by atoms with E-state index in [1.165, 1.54) is 7.11 Å². The molecule has 1 aromatic heterocycles. The minimum absolute atomic E-state index is 0.234. The van der Waals surface area contributed by atoms with Gasteiger partial charge in [-0.2, -0.15) is 0 Å². The molecule has 0 aliphatic carbocycles. The Morgan fingerprint density at radius 3 is 2.33 bits per heavy atom. The Balaban J connectivity index is 1.98. The van der Waals surface area contributed by atoms with Crippen molar-refractivity contribution in [3.8, 4) is 11.4 Å². The third-order valence-corrected chi connectivity index (χ3v) is 3.78. The van der Waals surface area contributed by atoms with Gasteiger partial charge in [-0.25, -0.2) is 4.79 Å². The first-order valence-electron chi connectivity index (χ1n) is 8.47. The molecule has 1 aromatic carbocycles. The summed E-state index contributed by atoms with van der Waals surface area (Å²) < 4.78 is 12.3. The summed E-state index contributed by atoms with van der Waals surface area (Å²) in [6.07, 6.45) is 3.17. The number of methoxy groups -OCH3 is 1. The molecule has 2 aromatic rings. The molecule has 0 radical (unpaired) electrons. The standard InChI is InChI=1S/C19H24ClN3O4/c1-19(2,3)27-18(25)22-8-7-21-17(24)13-11-14(20)15(12-16(13)26-4)23-9-5-6-10-23/h5-6,9-12H,7-8H2,1-4H3,(H,21,24)(H,22,25). The molecule has 0 saturated carbocycles. The van der Waals surface area contributed by atoms with Gasteiger partial charge in [-0.3, -0.25) is 4.79 Å². The highest BCUT2D eigenvalue weighted by Gasteiger charge is 2.17. The van der Waals surface area contributed by atoms with Gasteiger partial charge in [0.2, 0.25) is 0 Å². The Bertz CT molecular complexity index is 798. The van der Waals surface area contributed by atoms with Crippen LogP contribution in [0.2, 0.25) is 5.02 Å². The zero-order valence-electron chi connectivity index (χ0n) is 15.8.